The van der Waals surface area contributed by atoms with Gasteiger partial charge in [0, 0.05) is 11.8 Å². The Kier molecular flexibility index (Phi) is 4.52. The predicted octanol–water partition coefficient (Wildman–Crippen LogP) is 3.04. The van der Waals surface area contributed by atoms with Crippen LogP contribution in [0.25, 0.3) is 11.1 Å². The van der Waals surface area contributed by atoms with Crippen molar-refractivity contribution in [3.05, 3.63) is 28.3 Å². The Bertz CT molecular complexity index is 500. The molecule has 0 amide bonds. The van der Waals surface area contributed by atoms with E-state index in [2.05, 4.69) is 15.3 Å². The molecule has 18 heavy (non-hydrogen) atoms. The summed E-state index contributed by atoms with van der Waals surface area (Å²) in [5.74, 6) is 0.661. The smallest absolute Gasteiger partial charge is 0.224 e. The van der Waals surface area contributed by atoms with Gasteiger partial charge in [-0.1, -0.05) is 6.92 Å². The number of hydrogen-bond acceptors (Lipinski definition) is 5. The zero-order valence-corrected chi connectivity index (χ0v) is 11.5. The van der Waals surface area contributed by atoms with E-state index in [-0.39, 0.29) is 17.9 Å². The van der Waals surface area contributed by atoms with Gasteiger partial charge in [0.15, 0.2) is 0 Å². The van der Waals surface area contributed by atoms with Crippen LogP contribution >= 0.6 is 22.9 Å². The standard InChI is InChI=1S/C12H14ClN3OS/c1-2-9(6-17)15-11-10(5-14-12(13)16-11)8-3-4-18-7-8/h3-5,7,9,17H,2,6H2,1H3,(H,14,15,16)/t9-/m1/s1. The van der Waals surface area contributed by atoms with Gasteiger partial charge in [-0.15, -0.1) is 0 Å². The van der Waals surface area contributed by atoms with Gasteiger partial charge in [0.05, 0.1) is 12.6 Å². The number of anilines is 1. The minimum Gasteiger partial charge on any atom is -0.394 e. The molecule has 4 nitrogen and oxygen atoms in total. The van der Waals surface area contributed by atoms with Gasteiger partial charge in [-0.25, -0.2) is 9.97 Å². The van der Waals surface area contributed by atoms with E-state index in [9.17, 15) is 5.11 Å². The van der Waals surface area contributed by atoms with E-state index in [1.807, 2.05) is 23.8 Å². The first-order valence-electron chi connectivity index (χ1n) is 5.67. The maximum Gasteiger partial charge on any atom is 0.224 e. The molecule has 2 rings (SSSR count). The van der Waals surface area contributed by atoms with Crippen molar-refractivity contribution in [2.24, 2.45) is 0 Å². The SMILES string of the molecule is CC[C@H](CO)Nc1nc(Cl)ncc1-c1ccsc1. The summed E-state index contributed by atoms with van der Waals surface area (Å²) in [5.41, 5.74) is 1.94. The molecule has 0 aromatic carbocycles. The molecular formula is C12H14ClN3OS. The van der Waals surface area contributed by atoms with Gasteiger partial charge in [0.1, 0.15) is 5.82 Å². The van der Waals surface area contributed by atoms with Gasteiger partial charge in [-0.2, -0.15) is 11.3 Å². The lowest BCUT2D eigenvalue weighted by Gasteiger charge is -2.17. The van der Waals surface area contributed by atoms with Gasteiger partial charge in [-0.3, -0.25) is 0 Å². The van der Waals surface area contributed by atoms with E-state index >= 15 is 0 Å². The second-order valence-corrected chi connectivity index (χ2v) is 4.96. The van der Waals surface area contributed by atoms with Crippen molar-refractivity contribution in [1.82, 2.24) is 9.97 Å². The van der Waals surface area contributed by atoms with Crippen LogP contribution in [0.5, 0.6) is 0 Å². The Morgan fingerprint density at radius 3 is 3.00 bits per heavy atom. The molecule has 0 spiro atoms. The first kappa shape index (κ1) is 13.3. The van der Waals surface area contributed by atoms with Gasteiger partial charge >= 0.3 is 0 Å². The van der Waals surface area contributed by atoms with Crippen LogP contribution in [0.3, 0.4) is 0 Å². The Labute approximate surface area is 115 Å². The Morgan fingerprint density at radius 2 is 2.39 bits per heavy atom. The molecule has 0 radical (unpaired) electrons. The maximum atomic E-state index is 9.24. The predicted molar refractivity (Wildman–Crippen MR) is 75.1 cm³/mol. The zero-order chi connectivity index (χ0) is 13.0. The normalized spacial score (nSPS) is 12.4. The van der Waals surface area contributed by atoms with Crippen LogP contribution in [0.15, 0.2) is 23.0 Å². The quantitative estimate of drug-likeness (QED) is 0.828. The van der Waals surface area contributed by atoms with Crippen molar-refractivity contribution in [3.8, 4) is 11.1 Å². The molecule has 2 aromatic heterocycles. The highest BCUT2D eigenvalue weighted by molar-refractivity contribution is 7.08. The van der Waals surface area contributed by atoms with Crippen LogP contribution in [0.1, 0.15) is 13.3 Å². The van der Waals surface area contributed by atoms with Crippen molar-refractivity contribution in [2.75, 3.05) is 11.9 Å². The van der Waals surface area contributed by atoms with Crippen molar-refractivity contribution in [2.45, 2.75) is 19.4 Å². The number of halogens is 1. The molecule has 0 saturated carbocycles. The molecule has 0 aliphatic heterocycles. The minimum absolute atomic E-state index is 0.0339. The number of nitrogens with zero attached hydrogens (tertiary/aromatic N) is 2. The average Bonchev–Trinajstić information content (AvgIpc) is 2.89. The second kappa shape index (κ2) is 6.13. The summed E-state index contributed by atoms with van der Waals surface area (Å²) in [6, 6.07) is 1.97. The topological polar surface area (TPSA) is 58.0 Å². The van der Waals surface area contributed by atoms with E-state index in [4.69, 9.17) is 11.6 Å². The molecule has 1 atom stereocenters. The second-order valence-electron chi connectivity index (χ2n) is 3.85. The third-order valence-electron chi connectivity index (χ3n) is 2.65. The summed E-state index contributed by atoms with van der Waals surface area (Å²) in [7, 11) is 0. The van der Waals surface area contributed by atoms with Gasteiger partial charge in [0.2, 0.25) is 5.28 Å². The van der Waals surface area contributed by atoms with Crippen LogP contribution in [-0.4, -0.2) is 27.7 Å². The molecule has 2 N–H and O–H groups in total. The van der Waals surface area contributed by atoms with E-state index in [0.29, 0.717) is 5.82 Å². The third-order valence-corrected chi connectivity index (χ3v) is 3.51. The summed E-state index contributed by atoms with van der Waals surface area (Å²) < 4.78 is 0. The minimum atomic E-state index is -0.0339. The number of aromatic nitrogens is 2. The number of aliphatic hydroxyl groups excluding tert-OH is 1. The van der Waals surface area contributed by atoms with Crippen LogP contribution in [0.2, 0.25) is 5.28 Å². The monoisotopic (exact) mass is 283 g/mol. The number of aliphatic hydroxyl groups is 1. The third kappa shape index (κ3) is 2.98. The van der Waals surface area contributed by atoms with E-state index < -0.39 is 0 Å². The highest BCUT2D eigenvalue weighted by atomic mass is 35.5. The highest BCUT2D eigenvalue weighted by Crippen LogP contribution is 2.28. The molecular weight excluding hydrogens is 270 g/mol. The first-order valence-corrected chi connectivity index (χ1v) is 6.99. The van der Waals surface area contributed by atoms with Crippen molar-refractivity contribution < 1.29 is 5.11 Å². The molecule has 0 saturated heterocycles. The summed E-state index contributed by atoms with van der Waals surface area (Å²) in [4.78, 5) is 8.21. The van der Waals surface area contributed by atoms with Gasteiger partial charge in [0.25, 0.3) is 0 Å². The van der Waals surface area contributed by atoms with Crippen molar-refractivity contribution in [3.63, 3.8) is 0 Å². The molecule has 2 aromatic rings. The lowest BCUT2D eigenvalue weighted by molar-refractivity contribution is 0.271. The average molecular weight is 284 g/mol. The zero-order valence-electron chi connectivity index (χ0n) is 9.93. The molecule has 0 fully saturated rings. The van der Waals surface area contributed by atoms with Crippen LogP contribution < -0.4 is 5.32 Å². The molecule has 0 aliphatic rings. The largest absolute Gasteiger partial charge is 0.394 e. The summed E-state index contributed by atoms with van der Waals surface area (Å²) in [6.45, 7) is 2.06. The summed E-state index contributed by atoms with van der Waals surface area (Å²) in [6.07, 6.45) is 2.50. The summed E-state index contributed by atoms with van der Waals surface area (Å²) in [5, 5.41) is 16.7. The summed E-state index contributed by atoms with van der Waals surface area (Å²) >= 11 is 7.44. The number of hydrogen-bond donors (Lipinski definition) is 2. The van der Waals surface area contributed by atoms with Crippen LogP contribution in [0.4, 0.5) is 5.82 Å². The Balaban J connectivity index is 2.35. The molecule has 0 bridgehead atoms. The molecule has 96 valence electrons. The Hall–Kier alpha value is -1.17. The van der Waals surface area contributed by atoms with E-state index in [0.717, 1.165) is 17.5 Å². The Morgan fingerprint density at radius 1 is 1.56 bits per heavy atom. The van der Waals surface area contributed by atoms with Crippen molar-refractivity contribution >= 4 is 28.8 Å². The van der Waals surface area contributed by atoms with Gasteiger partial charge < -0.3 is 10.4 Å². The highest BCUT2D eigenvalue weighted by Gasteiger charge is 2.12. The fourth-order valence-electron chi connectivity index (χ4n) is 1.57. The number of thiophene rings is 1. The first-order chi connectivity index (χ1) is 8.74. The van der Waals surface area contributed by atoms with Gasteiger partial charge in [-0.05, 0) is 40.4 Å². The van der Waals surface area contributed by atoms with Crippen LogP contribution in [0, 0.1) is 0 Å². The lowest BCUT2D eigenvalue weighted by atomic mass is 10.1. The fourth-order valence-corrected chi connectivity index (χ4v) is 2.36. The fraction of sp³-hybridized carbons (Fsp3) is 0.333. The molecule has 0 unspecified atom stereocenters. The number of nitrogens with one attached hydrogen (secondary N) is 1. The molecule has 0 aliphatic carbocycles. The van der Waals surface area contributed by atoms with Crippen molar-refractivity contribution in [1.29, 1.82) is 0 Å². The molecule has 2 heterocycles. The lowest BCUT2D eigenvalue weighted by Crippen LogP contribution is -2.23. The number of rotatable bonds is 5. The maximum absolute atomic E-state index is 9.24. The molecule has 6 heteroatoms. The van der Waals surface area contributed by atoms with Crippen LogP contribution in [-0.2, 0) is 0 Å². The van der Waals surface area contributed by atoms with E-state index in [1.54, 1.807) is 17.5 Å². The van der Waals surface area contributed by atoms with E-state index in [1.165, 1.54) is 0 Å².